The molecule has 116 valence electrons. The standard InChI is InChI=1S/C18H26OS2/c1-16(2)14-9-7-8-10-15(14)17(3,4)18(16,13-20-5)11-12-21(6)19/h7-12H,13H2,1-6H3/b12-11+. The van der Waals surface area contributed by atoms with Crippen LogP contribution in [-0.2, 0) is 21.6 Å². The second-order valence-corrected chi connectivity index (χ2v) is 9.14. The van der Waals surface area contributed by atoms with Crippen molar-refractivity contribution >= 4 is 22.6 Å². The van der Waals surface area contributed by atoms with Gasteiger partial charge in [0.05, 0.1) is 0 Å². The normalized spacial score (nSPS) is 23.1. The first-order chi connectivity index (χ1) is 9.70. The summed E-state index contributed by atoms with van der Waals surface area (Å²) in [5.41, 5.74) is 2.86. The van der Waals surface area contributed by atoms with Gasteiger partial charge in [0, 0.05) is 39.1 Å². The Kier molecular flexibility index (Phi) is 4.47. The van der Waals surface area contributed by atoms with Gasteiger partial charge in [-0.15, -0.1) is 0 Å². The molecule has 1 aliphatic rings. The molecule has 0 amide bonds. The van der Waals surface area contributed by atoms with E-state index in [0.717, 1.165) is 5.75 Å². The Bertz CT molecular complexity index is 550. The molecule has 1 nitrogen and oxygen atoms in total. The van der Waals surface area contributed by atoms with Gasteiger partial charge in [0.2, 0.25) is 0 Å². The lowest BCUT2D eigenvalue weighted by Gasteiger charge is -2.48. The Balaban J connectivity index is 2.73. The Hall–Kier alpha value is -0.540. The highest BCUT2D eigenvalue weighted by Gasteiger charge is 2.60. The summed E-state index contributed by atoms with van der Waals surface area (Å²) in [6, 6.07) is 8.78. The number of fused-ring (bicyclic) bond motifs is 1. The number of benzene rings is 1. The summed E-state index contributed by atoms with van der Waals surface area (Å²) in [7, 11) is -0.913. The van der Waals surface area contributed by atoms with Crippen LogP contribution in [0.5, 0.6) is 0 Å². The molecule has 21 heavy (non-hydrogen) atoms. The summed E-state index contributed by atoms with van der Waals surface area (Å²) < 4.78 is 11.7. The zero-order valence-electron chi connectivity index (χ0n) is 13.9. The minimum absolute atomic E-state index is 0.0198. The van der Waals surface area contributed by atoms with E-state index < -0.39 is 10.8 Å². The first-order valence-corrected chi connectivity index (χ1v) is 10.3. The largest absolute Gasteiger partial charge is 0.255 e. The fraction of sp³-hybridized carbons (Fsp3) is 0.556. The molecule has 0 heterocycles. The van der Waals surface area contributed by atoms with Crippen LogP contribution in [0.3, 0.4) is 0 Å². The third-order valence-corrected chi connectivity index (χ3v) is 6.68. The summed E-state index contributed by atoms with van der Waals surface area (Å²) in [4.78, 5) is 0. The average Bonchev–Trinajstić information content (AvgIpc) is 2.54. The number of thioether (sulfide) groups is 1. The van der Waals surface area contributed by atoms with Gasteiger partial charge in [-0.05, 0) is 22.8 Å². The number of allylic oxidation sites excluding steroid dienone is 1. The molecule has 1 aromatic carbocycles. The molecule has 0 N–H and O–H groups in total. The Morgan fingerprint density at radius 1 is 1.10 bits per heavy atom. The first-order valence-electron chi connectivity index (χ1n) is 7.31. The molecule has 1 unspecified atom stereocenters. The van der Waals surface area contributed by atoms with E-state index in [2.05, 4.69) is 64.3 Å². The van der Waals surface area contributed by atoms with Crippen LogP contribution in [0.15, 0.2) is 35.7 Å². The molecule has 0 aliphatic heterocycles. The van der Waals surface area contributed by atoms with Crippen molar-refractivity contribution in [2.45, 2.75) is 38.5 Å². The SMILES string of the molecule is CSCC1(/C=C/S(C)=O)C(C)(C)c2ccccc2C1(C)C. The highest BCUT2D eigenvalue weighted by molar-refractivity contribution is 7.98. The predicted molar refractivity (Wildman–Crippen MR) is 96.5 cm³/mol. The van der Waals surface area contributed by atoms with Gasteiger partial charge in [-0.2, -0.15) is 11.8 Å². The van der Waals surface area contributed by atoms with Crippen molar-refractivity contribution < 1.29 is 4.21 Å². The highest BCUT2D eigenvalue weighted by atomic mass is 32.2. The van der Waals surface area contributed by atoms with Crippen molar-refractivity contribution in [3.63, 3.8) is 0 Å². The smallest absolute Gasteiger partial charge is 0.0421 e. The first kappa shape index (κ1) is 16.8. The van der Waals surface area contributed by atoms with Crippen LogP contribution in [0.25, 0.3) is 0 Å². The van der Waals surface area contributed by atoms with Crippen LogP contribution in [0.4, 0.5) is 0 Å². The van der Waals surface area contributed by atoms with Gasteiger partial charge >= 0.3 is 0 Å². The second-order valence-electron chi connectivity index (χ2n) is 7.00. The number of hydrogen-bond donors (Lipinski definition) is 0. The average molecular weight is 323 g/mol. The number of rotatable bonds is 4. The topological polar surface area (TPSA) is 17.1 Å². The van der Waals surface area contributed by atoms with E-state index in [4.69, 9.17) is 0 Å². The molecule has 0 saturated heterocycles. The summed E-state index contributed by atoms with van der Waals surface area (Å²) in [5, 5.41) is 1.88. The third-order valence-electron chi connectivity index (χ3n) is 5.42. The van der Waals surface area contributed by atoms with E-state index in [1.807, 2.05) is 17.2 Å². The van der Waals surface area contributed by atoms with Crippen molar-refractivity contribution in [3.8, 4) is 0 Å². The molecule has 0 spiro atoms. The number of hydrogen-bond acceptors (Lipinski definition) is 2. The van der Waals surface area contributed by atoms with E-state index in [1.54, 1.807) is 6.26 Å². The molecule has 0 radical (unpaired) electrons. The van der Waals surface area contributed by atoms with E-state index in [-0.39, 0.29) is 16.2 Å². The molecular formula is C18H26OS2. The zero-order valence-corrected chi connectivity index (χ0v) is 15.5. The van der Waals surface area contributed by atoms with Gasteiger partial charge in [0.1, 0.15) is 0 Å². The van der Waals surface area contributed by atoms with Crippen LogP contribution in [0, 0.1) is 5.41 Å². The van der Waals surface area contributed by atoms with Crippen molar-refractivity contribution in [2.75, 3.05) is 18.3 Å². The molecule has 0 bridgehead atoms. The van der Waals surface area contributed by atoms with Crippen molar-refractivity contribution in [1.29, 1.82) is 0 Å². The summed E-state index contributed by atoms with van der Waals surface area (Å²) in [6.45, 7) is 9.33. The Morgan fingerprint density at radius 3 is 1.95 bits per heavy atom. The maximum absolute atomic E-state index is 11.7. The van der Waals surface area contributed by atoms with E-state index in [1.165, 1.54) is 11.1 Å². The zero-order chi connectivity index (χ0) is 15.9. The lowest BCUT2D eigenvalue weighted by Crippen LogP contribution is -2.48. The summed E-state index contributed by atoms with van der Waals surface area (Å²) in [5.74, 6) is 1.02. The van der Waals surface area contributed by atoms with Gasteiger partial charge in [-0.1, -0.05) is 58.0 Å². The summed E-state index contributed by atoms with van der Waals surface area (Å²) >= 11 is 1.87. The fourth-order valence-electron chi connectivity index (χ4n) is 4.10. The fourth-order valence-corrected chi connectivity index (χ4v) is 5.80. The van der Waals surface area contributed by atoms with E-state index in [0.29, 0.717) is 0 Å². The minimum atomic E-state index is -0.913. The maximum atomic E-state index is 11.7. The van der Waals surface area contributed by atoms with Gasteiger partial charge in [-0.3, -0.25) is 4.21 Å². The van der Waals surface area contributed by atoms with Crippen molar-refractivity contribution in [3.05, 3.63) is 46.9 Å². The van der Waals surface area contributed by atoms with Crippen LogP contribution in [0.2, 0.25) is 0 Å². The van der Waals surface area contributed by atoms with Crippen LogP contribution in [-0.4, -0.2) is 22.5 Å². The van der Waals surface area contributed by atoms with Gasteiger partial charge in [0.25, 0.3) is 0 Å². The lowest BCUT2D eigenvalue weighted by atomic mass is 9.58. The van der Waals surface area contributed by atoms with Crippen molar-refractivity contribution in [1.82, 2.24) is 0 Å². The molecule has 1 aliphatic carbocycles. The maximum Gasteiger partial charge on any atom is 0.0421 e. The highest BCUT2D eigenvalue weighted by Crippen LogP contribution is 2.63. The van der Waals surface area contributed by atoms with Crippen LogP contribution in [0.1, 0.15) is 38.8 Å². The molecule has 0 fully saturated rings. The van der Waals surface area contributed by atoms with Gasteiger partial charge in [0.15, 0.2) is 0 Å². The third kappa shape index (κ3) is 2.33. The second kappa shape index (κ2) is 5.58. The summed E-state index contributed by atoms with van der Waals surface area (Å²) in [6.07, 6.45) is 6.14. The monoisotopic (exact) mass is 322 g/mol. The van der Waals surface area contributed by atoms with Crippen molar-refractivity contribution in [2.24, 2.45) is 5.41 Å². The Morgan fingerprint density at radius 2 is 1.57 bits per heavy atom. The molecule has 1 atom stereocenters. The molecule has 2 rings (SSSR count). The molecular weight excluding hydrogens is 296 g/mol. The molecule has 3 heteroatoms. The molecule has 1 aromatic rings. The minimum Gasteiger partial charge on any atom is -0.255 e. The van der Waals surface area contributed by atoms with Crippen LogP contribution >= 0.6 is 11.8 Å². The lowest BCUT2D eigenvalue weighted by molar-refractivity contribution is 0.170. The predicted octanol–water partition coefficient (Wildman–Crippen LogP) is 4.50. The van der Waals surface area contributed by atoms with Gasteiger partial charge < -0.3 is 0 Å². The van der Waals surface area contributed by atoms with Crippen LogP contribution < -0.4 is 0 Å². The molecule has 0 aromatic heterocycles. The van der Waals surface area contributed by atoms with E-state index >= 15 is 0 Å². The van der Waals surface area contributed by atoms with Gasteiger partial charge in [-0.25, -0.2) is 0 Å². The van der Waals surface area contributed by atoms with E-state index in [9.17, 15) is 4.21 Å². The molecule has 0 saturated carbocycles. The Labute approximate surface area is 136 Å². The quantitative estimate of drug-likeness (QED) is 0.812.